The number of aliphatic hydroxyl groups is 1. The molecule has 1 spiro atoms. The van der Waals surface area contributed by atoms with E-state index in [0.717, 1.165) is 5.56 Å². The van der Waals surface area contributed by atoms with Crippen LogP contribution in [0.2, 0.25) is 0 Å². The van der Waals surface area contributed by atoms with Gasteiger partial charge in [0.2, 0.25) is 17.7 Å². The van der Waals surface area contributed by atoms with E-state index in [-0.39, 0.29) is 30.2 Å². The zero-order chi connectivity index (χ0) is 29.4. The van der Waals surface area contributed by atoms with Crippen LogP contribution < -0.4 is 15.4 Å². The highest BCUT2D eigenvalue weighted by Crippen LogP contribution is 2.64. The van der Waals surface area contributed by atoms with E-state index >= 15 is 0 Å². The third-order valence-corrected chi connectivity index (χ3v) is 9.16. The molecule has 3 aliphatic rings. The van der Waals surface area contributed by atoms with E-state index in [1.165, 1.54) is 4.90 Å². The van der Waals surface area contributed by atoms with Crippen LogP contribution in [0.3, 0.4) is 0 Å². The standard InChI is InChI=1S/C32H41N3O6/c1-5-31-15-16-32(41-31)26(25(31)28(37)33-18-21-9-7-6-8-10-21)30(39)35(23(19-36)17-20(2)3)27(32)29(38)34-22-11-13-24(40-4)14-12-22/h6-14,20,23,25-27,36H,5,15-19H2,1-4H3,(H,33,37)(H,34,38)/t23-,25+,26+,27?,31-,32?/m1/s1. The maximum Gasteiger partial charge on any atom is 0.250 e. The summed E-state index contributed by atoms with van der Waals surface area (Å²) in [5.41, 5.74) is -0.484. The van der Waals surface area contributed by atoms with Gasteiger partial charge in [0.1, 0.15) is 17.4 Å². The maximum absolute atomic E-state index is 14.4. The van der Waals surface area contributed by atoms with Crippen molar-refractivity contribution in [2.75, 3.05) is 19.0 Å². The molecule has 0 aromatic heterocycles. The van der Waals surface area contributed by atoms with Crippen molar-refractivity contribution in [1.29, 1.82) is 0 Å². The molecule has 0 saturated carbocycles. The van der Waals surface area contributed by atoms with Gasteiger partial charge in [0.15, 0.2) is 0 Å². The minimum absolute atomic E-state index is 0.174. The number of amides is 3. The summed E-state index contributed by atoms with van der Waals surface area (Å²) >= 11 is 0. The summed E-state index contributed by atoms with van der Waals surface area (Å²) in [5.74, 6) is -1.65. The van der Waals surface area contributed by atoms with Gasteiger partial charge in [0.25, 0.3) is 0 Å². The first-order valence-corrected chi connectivity index (χ1v) is 14.6. The molecule has 3 fully saturated rings. The van der Waals surface area contributed by atoms with Crippen LogP contribution in [-0.2, 0) is 25.7 Å². The minimum atomic E-state index is -1.16. The average molecular weight is 564 g/mol. The van der Waals surface area contributed by atoms with Gasteiger partial charge in [0.05, 0.1) is 37.2 Å². The van der Waals surface area contributed by atoms with Crippen LogP contribution in [0.15, 0.2) is 54.6 Å². The largest absolute Gasteiger partial charge is 0.497 e. The molecule has 2 bridgehead atoms. The third kappa shape index (κ3) is 4.99. The summed E-state index contributed by atoms with van der Waals surface area (Å²) in [6.45, 7) is 6.05. The fourth-order valence-corrected chi connectivity index (χ4v) is 7.35. The first kappa shape index (κ1) is 29.1. The van der Waals surface area contributed by atoms with Crippen molar-refractivity contribution in [1.82, 2.24) is 10.2 Å². The van der Waals surface area contributed by atoms with Crippen LogP contribution in [0.5, 0.6) is 5.75 Å². The summed E-state index contributed by atoms with van der Waals surface area (Å²) in [4.78, 5) is 44.0. The predicted molar refractivity (Wildman–Crippen MR) is 154 cm³/mol. The van der Waals surface area contributed by atoms with Gasteiger partial charge in [-0.15, -0.1) is 0 Å². The van der Waals surface area contributed by atoms with Gasteiger partial charge in [0, 0.05) is 12.2 Å². The van der Waals surface area contributed by atoms with Crippen molar-refractivity contribution in [2.24, 2.45) is 17.8 Å². The van der Waals surface area contributed by atoms with Gasteiger partial charge in [-0.05, 0) is 61.4 Å². The molecule has 6 atom stereocenters. The molecule has 9 nitrogen and oxygen atoms in total. The summed E-state index contributed by atoms with van der Waals surface area (Å²) in [5, 5.41) is 16.5. The number of nitrogens with zero attached hydrogens (tertiary/aromatic N) is 1. The molecule has 3 heterocycles. The zero-order valence-electron chi connectivity index (χ0n) is 24.3. The number of methoxy groups -OCH3 is 1. The van der Waals surface area contributed by atoms with Crippen molar-refractivity contribution in [3.8, 4) is 5.75 Å². The second-order valence-electron chi connectivity index (χ2n) is 12.0. The molecule has 2 aromatic carbocycles. The highest BCUT2D eigenvalue weighted by Gasteiger charge is 2.79. The number of anilines is 1. The Hall–Kier alpha value is -3.43. The van der Waals surface area contributed by atoms with Crippen molar-refractivity contribution >= 4 is 23.4 Å². The molecular weight excluding hydrogens is 522 g/mol. The summed E-state index contributed by atoms with van der Waals surface area (Å²) in [6.07, 6.45) is 2.12. The Morgan fingerprint density at radius 1 is 1.10 bits per heavy atom. The monoisotopic (exact) mass is 563 g/mol. The van der Waals surface area contributed by atoms with E-state index in [1.54, 1.807) is 31.4 Å². The van der Waals surface area contributed by atoms with Gasteiger partial charge in [-0.2, -0.15) is 0 Å². The van der Waals surface area contributed by atoms with Gasteiger partial charge in [-0.3, -0.25) is 14.4 Å². The van der Waals surface area contributed by atoms with Crippen molar-refractivity contribution in [3.63, 3.8) is 0 Å². The molecule has 3 aliphatic heterocycles. The summed E-state index contributed by atoms with van der Waals surface area (Å²) in [7, 11) is 1.57. The van der Waals surface area contributed by atoms with E-state index < -0.39 is 35.1 Å². The lowest BCUT2D eigenvalue weighted by molar-refractivity contribution is -0.149. The first-order valence-electron chi connectivity index (χ1n) is 14.6. The molecule has 0 aliphatic carbocycles. The lowest BCUT2D eigenvalue weighted by Crippen LogP contribution is -2.56. The molecule has 3 saturated heterocycles. The number of hydrogen-bond donors (Lipinski definition) is 3. The van der Waals surface area contributed by atoms with E-state index in [1.807, 2.05) is 51.1 Å². The number of benzene rings is 2. The molecule has 41 heavy (non-hydrogen) atoms. The van der Waals surface area contributed by atoms with Crippen molar-refractivity contribution in [2.45, 2.75) is 76.3 Å². The van der Waals surface area contributed by atoms with Crippen LogP contribution in [0.1, 0.15) is 52.0 Å². The Morgan fingerprint density at radius 2 is 1.80 bits per heavy atom. The van der Waals surface area contributed by atoms with Crippen molar-refractivity contribution in [3.05, 3.63) is 60.2 Å². The molecule has 3 amide bonds. The number of rotatable bonds is 11. The number of carbonyl (C=O) groups excluding carboxylic acids is 3. The Kier molecular flexibility index (Phi) is 8.12. The summed E-state index contributed by atoms with van der Waals surface area (Å²) in [6, 6.07) is 15.0. The number of aliphatic hydroxyl groups excluding tert-OH is 1. The van der Waals surface area contributed by atoms with Gasteiger partial charge < -0.3 is 30.1 Å². The van der Waals surface area contributed by atoms with Crippen LogP contribution in [0, 0.1) is 17.8 Å². The molecule has 3 N–H and O–H groups in total. The molecular formula is C32H41N3O6. The number of nitrogens with one attached hydrogen (secondary N) is 2. The van der Waals surface area contributed by atoms with Crippen LogP contribution in [-0.4, -0.2) is 64.7 Å². The third-order valence-electron chi connectivity index (χ3n) is 9.16. The lowest BCUT2D eigenvalue weighted by Gasteiger charge is -2.37. The highest BCUT2D eigenvalue weighted by atomic mass is 16.5. The normalized spacial score (nSPS) is 29.0. The number of fused-ring (bicyclic) bond motifs is 1. The highest BCUT2D eigenvalue weighted by molar-refractivity contribution is 6.04. The number of hydrogen-bond acceptors (Lipinski definition) is 6. The van der Waals surface area contributed by atoms with Crippen LogP contribution >= 0.6 is 0 Å². The van der Waals surface area contributed by atoms with E-state index in [4.69, 9.17) is 9.47 Å². The van der Waals surface area contributed by atoms with Crippen LogP contribution in [0.25, 0.3) is 0 Å². The number of ether oxygens (including phenoxy) is 2. The van der Waals surface area contributed by atoms with E-state index in [2.05, 4.69) is 10.6 Å². The van der Waals surface area contributed by atoms with Gasteiger partial charge in [-0.1, -0.05) is 51.1 Å². The minimum Gasteiger partial charge on any atom is -0.497 e. The number of carbonyl (C=O) groups is 3. The molecule has 5 rings (SSSR count). The second kappa shape index (κ2) is 11.4. The quantitative estimate of drug-likeness (QED) is 0.385. The van der Waals surface area contributed by atoms with Gasteiger partial charge in [-0.25, -0.2) is 0 Å². The maximum atomic E-state index is 14.4. The summed E-state index contributed by atoms with van der Waals surface area (Å²) < 4.78 is 12.1. The Bertz CT molecular complexity index is 1270. The molecule has 2 unspecified atom stereocenters. The fraction of sp³-hybridized carbons (Fsp3) is 0.531. The Morgan fingerprint density at radius 3 is 2.41 bits per heavy atom. The first-order chi connectivity index (χ1) is 19.7. The predicted octanol–water partition coefficient (Wildman–Crippen LogP) is 3.51. The van der Waals surface area contributed by atoms with Gasteiger partial charge >= 0.3 is 0 Å². The number of likely N-dealkylation sites (tertiary alicyclic amines) is 1. The van der Waals surface area contributed by atoms with Crippen LogP contribution in [0.4, 0.5) is 5.69 Å². The Balaban J connectivity index is 1.51. The molecule has 9 heteroatoms. The topological polar surface area (TPSA) is 117 Å². The second-order valence-corrected chi connectivity index (χ2v) is 12.0. The average Bonchev–Trinajstić information content (AvgIpc) is 3.59. The molecule has 220 valence electrons. The molecule has 2 aromatic rings. The SMILES string of the molecule is CC[C@]12CCC3(O1)C(C(=O)Nc1ccc(OC)cc1)N([C@@H](CO)CC(C)C)C(=O)[C@@H]3[C@H]2C(=O)NCc1ccccc1. The molecule has 0 radical (unpaired) electrons. The zero-order valence-corrected chi connectivity index (χ0v) is 24.3. The van der Waals surface area contributed by atoms with Crippen molar-refractivity contribution < 1.29 is 29.0 Å². The fourth-order valence-electron chi connectivity index (χ4n) is 7.35. The Labute approximate surface area is 241 Å². The smallest absolute Gasteiger partial charge is 0.250 e. The lowest BCUT2D eigenvalue weighted by atomic mass is 9.65. The van der Waals surface area contributed by atoms with E-state index in [9.17, 15) is 19.5 Å². The van der Waals surface area contributed by atoms with E-state index in [0.29, 0.717) is 43.7 Å².